The highest BCUT2D eigenvalue weighted by Crippen LogP contribution is 2.17. The summed E-state index contributed by atoms with van der Waals surface area (Å²) in [5, 5.41) is 17.4. The summed E-state index contributed by atoms with van der Waals surface area (Å²) < 4.78 is 0. The summed E-state index contributed by atoms with van der Waals surface area (Å²) >= 11 is 0. The Hall–Kier alpha value is -1.57. The van der Waals surface area contributed by atoms with Gasteiger partial charge >= 0.3 is 0 Å². The molecule has 0 aliphatic rings. The van der Waals surface area contributed by atoms with Gasteiger partial charge in [-0.2, -0.15) is 5.26 Å². The van der Waals surface area contributed by atoms with Gasteiger partial charge in [-0.1, -0.05) is 6.07 Å². The van der Waals surface area contributed by atoms with Crippen molar-refractivity contribution in [3.8, 4) is 6.07 Å². The molecule has 0 saturated carbocycles. The lowest BCUT2D eigenvalue weighted by Gasteiger charge is -2.09. The van der Waals surface area contributed by atoms with Crippen molar-refractivity contribution in [2.24, 2.45) is 5.73 Å². The highest BCUT2D eigenvalue weighted by atomic mass is 16.3. The van der Waals surface area contributed by atoms with Crippen molar-refractivity contribution in [2.75, 3.05) is 12.3 Å². The van der Waals surface area contributed by atoms with Crippen LogP contribution in [0.5, 0.6) is 0 Å². The van der Waals surface area contributed by atoms with Gasteiger partial charge in [0.25, 0.3) is 0 Å². The Morgan fingerprint density at radius 3 is 2.69 bits per heavy atom. The van der Waals surface area contributed by atoms with Crippen LogP contribution in [0, 0.1) is 11.3 Å². The largest absolute Gasteiger partial charge is 0.398 e. The summed E-state index contributed by atoms with van der Waals surface area (Å²) in [5.41, 5.74) is 12.7. The third-order valence-corrected chi connectivity index (χ3v) is 1.82. The maximum absolute atomic E-state index is 8.77. The SMILES string of the molecule is N#Cc1ccc([C@@H](N)CO)cc1N. The Morgan fingerprint density at radius 2 is 2.23 bits per heavy atom. The summed E-state index contributed by atoms with van der Waals surface area (Å²) in [5.74, 6) is 0. The second-order valence-electron chi connectivity index (χ2n) is 2.75. The van der Waals surface area contributed by atoms with E-state index < -0.39 is 6.04 Å². The second-order valence-corrected chi connectivity index (χ2v) is 2.75. The molecule has 0 radical (unpaired) electrons. The number of aliphatic hydroxyl groups excluding tert-OH is 1. The number of nitrogens with two attached hydrogens (primary N) is 2. The smallest absolute Gasteiger partial charge is 0.101 e. The molecule has 0 aliphatic carbocycles. The Bertz CT molecular complexity index is 343. The first-order valence-corrected chi connectivity index (χ1v) is 3.85. The molecule has 0 unspecified atom stereocenters. The molecule has 1 atom stereocenters. The van der Waals surface area contributed by atoms with E-state index in [1.165, 1.54) is 0 Å². The molecule has 0 aliphatic heterocycles. The van der Waals surface area contributed by atoms with Crippen LogP contribution in [0.4, 0.5) is 5.69 Å². The lowest BCUT2D eigenvalue weighted by Crippen LogP contribution is -2.14. The molecular formula is C9H11N3O. The molecule has 0 heterocycles. The quantitative estimate of drug-likeness (QED) is 0.559. The van der Waals surface area contributed by atoms with E-state index in [0.717, 1.165) is 5.56 Å². The summed E-state index contributed by atoms with van der Waals surface area (Å²) in [6.45, 7) is -0.134. The van der Waals surface area contributed by atoms with Gasteiger partial charge < -0.3 is 16.6 Å². The molecule has 1 rings (SSSR count). The van der Waals surface area contributed by atoms with E-state index in [0.29, 0.717) is 11.3 Å². The molecule has 1 aromatic rings. The maximum atomic E-state index is 8.77. The van der Waals surface area contributed by atoms with Crippen molar-refractivity contribution in [1.82, 2.24) is 0 Å². The number of nitrogens with zero attached hydrogens (tertiary/aromatic N) is 1. The van der Waals surface area contributed by atoms with Crippen LogP contribution in [0.25, 0.3) is 0 Å². The molecule has 5 N–H and O–H groups in total. The highest BCUT2D eigenvalue weighted by Gasteiger charge is 2.06. The first-order chi connectivity index (χ1) is 6.19. The number of anilines is 1. The van der Waals surface area contributed by atoms with Crippen LogP contribution >= 0.6 is 0 Å². The van der Waals surface area contributed by atoms with Crippen LogP contribution < -0.4 is 11.5 Å². The molecule has 0 bridgehead atoms. The Morgan fingerprint density at radius 1 is 1.54 bits per heavy atom. The summed E-state index contributed by atoms with van der Waals surface area (Å²) in [6, 6.07) is 6.41. The zero-order valence-electron chi connectivity index (χ0n) is 7.07. The predicted octanol–water partition coefficient (Wildman–Crippen LogP) is 0.133. The molecule has 0 aromatic heterocycles. The molecule has 1 aromatic carbocycles. The number of aliphatic hydroxyl groups is 1. The van der Waals surface area contributed by atoms with E-state index in [-0.39, 0.29) is 6.61 Å². The Balaban J connectivity index is 3.04. The van der Waals surface area contributed by atoms with Gasteiger partial charge in [-0.25, -0.2) is 0 Å². The van der Waals surface area contributed by atoms with Crippen LogP contribution in [0.3, 0.4) is 0 Å². The second kappa shape index (κ2) is 3.90. The number of benzene rings is 1. The van der Waals surface area contributed by atoms with Crippen LogP contribution in [0.1, 0.15) is 17.2 Å². The highest BCUT2D eigenvalue weighted by molar-refractivity contribution is 5.55. The molecule has 68 valence electrons. The maximum Gasteiger partial charge on any atom is 0.101 e. The molecule has 0 spiro atoms. The Kier molecular flexibility index (Phi) is 2.85. The molecule has 0 amide bonds. The predicted molar refractivity (Wildman–Crippen MR) is 49.6 cm³/mol. The molecule has 4 heteroatoms. The van der Waals surface area contributed by atoms with E-state index in [2.05, 4.69) is 0 Å². The van der Waals surface area contributed by atoms with Gasteiger partial charge in [-0.05, 0) is 17.7 Å². The number of hydrogen-bond acceptors (Lipinski definition) is 4. The van der Waals surface area contributed by atoms with Gasteiger partial charge in [0, 0.05) is 5.69 Å². The molecule has 0 fully saturated rings. The van der Waals surface area contributed by atoms with Crippen LogP contribution in [0.2, 0.25) is 0 Å². The molecular weight excluding hydrogens is 166 g/mol. The van der Waals surface area contributed by atoms with E-state index >= 15 is 0 Å². The van der Waals surface area contributed by atoms with Crippen molar-refractivity contribution in [1.29, 1.82) is 5.26 Å². The van der Waals surface area contributed by atoms with E-state index in [1.54, 1.807) is 18.2 Å². The van der Waals surface area contributed by atoms with E-state index in [4.69, 9.17) is 21.8 Å². The fourth-order valence-corrected chi connectivity index (χ4v) is 1.02. The minimum atomic E-state index is -0.435. The first kappa shape index (κ1) is 9.52. The fraction of sp³-hybridized carbons (Fsp3) is 0.222. The fourth-order valence-electron chi connectivity index (χ4n) is 1.02. The minimum Gasteiger partial charge on any atom is -0.398 e. The number of rotatable bonds is 2. The monoisotopic (exact) mass is 177 g/mol. The van der Waals surface area contributed by atoms with E-state index in [9.17, 15) is 0 Å². The van der Waals surface area contributed by atoms with Crippen molar-refractivity contribution in [3.63, 3.8) is 0 Å². The van der Waals surface area contributed by atoms with Crippen LogP contribution in [0.15, 0.2) is 18.2 Å². The molecule has 13 heavy (non-hydrogen) atoms. The number of nitriles is 1. The summed E-state index contributed by atoms with van der Waals surface area (Å²) in [4.78, 5) is 0. The molecule has 0 saturated heterocycles. The topological polar surface area (TPSA) is 96.1 Å². The average molecular weight is 177 g/mol. The molecule has 4 nitrogen and oxygen atoms in total. The minimum absolute atomic E-state index is 0.134. The zero-order chi connectivity index (χ0) is 9.84. The van der Waals surface area contributed by atoms with Crippen molar-refractivity contribution >= 4 is 5.69 Å². The normalized spacial score (nSPS) is 12.1. The standard InChI is InChI=1S/C9H11N3O/c10-4-7-2-1-6(3-8(7)11)9(12)5-13/h1-3,9,13H,5,11-12H2/t9-/m0/s1. The summed E-state index contributed by atoms with van der Waals surface area (Å²) in [7, 11) is 0. The van der Waals surface area contributed by atoms with Gasteiger partial charge in [-0.3, -0.25) is 0 Å². The Labute approximate surface area is 76.4 Å². The van der Waals surface area contributed by atoms with Crippen molar-refractivity contribution in [3.05, 3.63) is 29.3 Å². The zero-order valence-corrected chi connectivity index (χ0v) is 7.07. The van der Waals surface area contributed by atoms with Crippen LogP contribution in [-0.4, -0.2) is 11.7 Å². The summed E-state index contributed by atoms with van der Waals surface area (Å²) in [6.07, 6.45) is 0. The van der Waals surface area contributed by atoms with Gasteiger partial charge in [0.2, 0.25) is 0 Å². The van der Waals surface area contributed by atoms with Gasteiger partial charge in [0.1, 0.15) is 6.07 Å². The van der Waals surface area contributed by atoms with Gasteiger partial charge in [0.05, 0.1) is 18.2 Å². The average Bonchev–Trinajstić information content (AvgIpc) is 2.16. The number of hydrogen-bond donors (Lipinski definition) is 3. The number of nitrogen functional groups attached to an aromatic ring is 1. The van der Waals surface area contributed by atoms with Crippen LogP contribution in [-0.2, 0) is 0 Å². The lowest BCUT2D eigenvalue weighted by atomic mass is 10.0. The lowest BCUT2D eigenvalue weighted by molar-refractivity contribution is 0.268. The van der Waals surface area contributed by atoms with E-state index in [1.807, 2.05) is 6.07 Å². The third-order valence-electron chi connectivity index (χ3n) is 1.82. The first-order valence-electron chi connectivity index (χ1n) is 3.85. The van der Waals surface area contributed by atoms with Crippen molar-refractivity contribution in [2.45, 2.75) is 6.04 Å². The van der Waals surface area contributed by atoms with Crippen molar-refractivity contribution < 1.29 is 5.11 Å². The third kappa shape index (κ3) is 1.96. The van der Waals surface area contributed by atoms with Gasteiger partial charge in [-0.15, -0.1) is 0 Å². The van der Waals surface area contributed by atoms with Gasteiger partial charge in [0.15, 0.2) is 0 Å².